The lowest BCUT2D eigenvalue weighted by Crippen LogP contribution is -2.24. The molecule has 0 aliphatic carbocycles. The number of aliphatic hydroxyl groups is 2. The third-order valence-electron chi connectivity index (χ3n) is 0.795. The molecular weight excluding hydrogens is 104 g/mol. The molecule has 0 aromatic heterocycles. The fourth-order valence-corrected chi connectivity index (χ4v) is 0.773. The lowest BCUT2D eigenvalue weighted by molar-refractivity contribution is -0.155. The topological polar surface area (TPSA) is 40.5 Å². The van der Waals surface area contributed by atoms with Gasteiger partial charge in [0.2, 0.25) is 0 Å². The lowest BCUT2D eigenvalue weighted by atomic mass is 10.1. The zero-order valence-electron chi connectivity index (χ0n) is 5.68. The Morgan fingerprint density at radius 1 is 1.38 bits per heavy atom. The minimum atomic E-state index is -1.48. The average molecular weight is 118 g/mol. The Labute approximate surface area is 50.2 Å². The van der Waals surface area contributed by atoms with E-state index < -0.39 is 5.79 Å². The molecule has 0 aliphatic heterocycles. The van der Waals surface area contributed by atoms with Crippen LogP contribution in [0.1, 0.15) is 27.2 Å². The van der Waals surface area contributed by atoms with E-state index in [4.69, 9.17) is 10.2 Å². The van der Waals surface area contributed by atoms with Crippen molar-refractivity contribution in [2.75, 3.05) is 0 Å². The van der Waals surface area contributed by atoms with Gasteiger partial charge in [-0.1, -0.05) is 13.8 Å². The molecule has 0 heterocycles. The second-order valence-corrected chi connectivity index (χ2v) is 2.81. The second-order valence-electron chi connectivity index (χ2n) is 2.81. The molecule has 2 N–H and O–H groups in total. The maximum Gasteiger partial charge on any atom is 0.159 e. The van der Waals surface area contributed by atoms with Gasteiger partial charge in [-0.2, -0.15) is 0 Å². The van der Waals surface area contributed by atoms with Gasteiger partial charge in [-0.05, 0) is 12.8 Å². The van der Waals surface area contributed by atoms with Crippen LogP contribution in [-0.2, 0) is 0 Å². The predicted octanol–water partition coefficient (Wildman–Crippen LogP) is 0.733. The Hall–Kier alpha value is -0.0800. The highest BCUT2D eigenvalue weighted by Crippen LogP contribution is 2.11. The van der Waals surface area contributed by atoms with Gasteiger partial charge in [0.1, 0.15) is 0 Å². The molecule has 0 fully saturated rings. The normalized spacial score (nSPS) is 12.8. The van der Waals surface area contributed by atoms with Crippen LogP contribution in [0.25, 0.3) is 0 Å². The first-order chi connectivity index (χ1) is 3.42. The highest BCUT2D eigenvalue weighted by atomic mass is 16.5. The van der Waals surface area contributed by atoms with Crippen molar-refractivity contribution in [1.82, 2.24) is 0 Å². The first-order valence-corrected chi connectivity index (χ1v) is 2.86. The second kappa shape index (κ2) is 2.46. The van der Waals surface area contributed by atoms with Crippen LogP contribution in [0.2, 0.25) is 0 Å². The average Bonchev–Trinajstić information content (AvgIpc) is 1.21. The van der Waals surface area contributed by atoms with E-state index in [1.807, 2.05) is 13.8 Å². The van der Waals surface area contributed by atoms with Crippen molar-refractivity contribution in [1.29, 1.82) is 0 Å². The van der Waals surface area contributed by atoms with Gasteiger partial charge in [0.15, 0.2) is 5.79 Å². The van der Waals surface area contributed by atoms with Gasteiger partial charge in [-0.15, -0.1) is 0 Å². The van der Waals surface area contributed by atoms with Crippen molar-refractivity contribution in [2.24, 2.45) is 5.92 Å². The van der Waals surface area contributed by atoms with Gasteiger partial charge in [-0.25, -0.2) is 0 Å². The Morgan fingerprint density at radius 3 is 1.75 bits per heavy atom. The molecular formula is C6H14O2. The zero-order valence-corrected chi connectivity index (χ0v) is 5.68. The van der Waals surface area contributed by atoms with Crippen molar-refractivity contribution in [3.05, 3.63) is 0 Å². The molecule has 0 aliphatic rings. The fraction of sp³-hybridized carbons (Fsp3) is 1.00. The smallest absolute Gasteiger partial charge is 0.159 e. The summed E-state index contributed by atoms with van der Waals surface area (Å²) in [4.78, 5) is 0. The van der Waals surface area contributed by atoms with Gasteiger partial charge in [0.25, 0.3) is 0 Å². The molecule has 0 bridgehead atoms. The van der Waals surface area contributed by atoms with Crippen LogP contribution in [0.3, 0.4) is 0 Å². The minimum absolute atomic E-state index is 0.343. The molecule has 0 saturated heterocycles. The third kappa shape index (κ3) is 5.92. The first kappa shape index (κ1) is 7.92. The first-order valence-electron chi connectivity index (χ1n) is 2.86. The van der Waals surface area contributed by atoms with E-state index in [0.29, 0.717) is 12.3 Å². The van der Waals surface area contributed by atoms with Gasteiger partial charge in [0.05, 0.1) is 0 Å². The van der Waals surface area contributed by atoms with Crippen molar-refractivity contribution >= 4 is 0 Å². The molecule has 0 aromatic rings. The van der Waals surface area contributed by atoms with E-state index in [0.717, 1.165) is 0 Å². The summed E-state index contributed by atoms with van der Waals surface area (Å²) in [6, 6.07) is 0. The maximum atomic E-state index is 8.74. The predicted molar refractivity (Wildman–Crippen MR) is 32.3 cm³/mol. The highest BCUT2D eigenvalue weighted by Gasteiger charge is 2.15. The standard InChI is InChI=1S/C6H14O2/c1-5(2)4-6(3,7)8/h5,7-8H,4H2,1-3H3. The summed E-state index contributed by atoms with van der Waals surface area (Å²) in [5.74, 6) is -1.14. The van der Waals surface area contributed by atoms with Gasteiger partial charge < -0.3 is 10.2 Å². The highest BCUT2D eigenvalue weighted by molar-refractivity contribution is 4.57. The summed E-state index contributed by atoms with van der Waals surface area (Å²) < 4.78 is 0. The SMILES string of the molecule is CC(C)CC(C)(O)O. The molecule has 0 spiro atoms. The largest absolute Gasteiger partial charge is 0.366 e. The van der Waals surface area contributed by atoms with E-state index in [1.165, 1.54) is 6.92 Å². The van der Waals surface area contributed by atoms with E-state index in [2.05, 4.69) is 0 Å². The fourth-order valence-electron chi connectivity index (χ4n) is 0.773. The van der Waals surface area contributed by atoms with Gasteiger partial charge in [-0.3, -0.25) is 0 Å². The molecule has 8 heavy (non-hydrogen) atoms. The maximum absolute atomic E-state index is 8.74. The summed E-state index contributed by atoms with van der Waals surface area (Å²) in [6.45, 7) is 5.29. The number of rotatable bonds is 2. The summed E-state index contributed by atoms with van der Waals surface area (Å²) in [5, 5.41) is 17.5. The van der Waals surface area contributed by atoms with Gasteiger partial charge in [0, 0.05) is 6.42 Å². The molecule has 0 unspecified atom stereocenters. The molecule has 0 atom stereocenters. The Bertz CT molecular complexity index is 61.4. The van der Waals surface area contributed by atoms with Crippen LogP contribution in [0, 0.1) is 5.92 Å². The van der Waals surface area contributed by atoms with E-state index in [9.17, 15) is 0 Å². The minimum Gasteiger partial charge on any atom is -0.366 e. The Morgan fingerprint density at radius 2 is 1.75 bits per heavy atom. The quantitative estimate of drug-likeness (QED) is 0.525. The Kier molecular flexibility index (Phi) is 2.44. The summed E-state index contributed by atoms with van der Waals surface area (Å²) in [6.07, 6.45) is 0.438. The van der Waals surface area contributed by atoms with E-state index >= 15 is 0 Å². The third-order valence-corrected chi connectivity index (χ3v) is 0.795. The van der Waals surface area contributed by atoms with Crippen LogP contribution in [0.4, 0.5) is 0 Å². The monoisotopic (exact) mass is 118 g/mol. The molecule has 0 rings (SSSR count). The van der Waals surface area contributed by atoms with Crippen LogP contribution in [0.15, 0.2) is 0 Å². The van der Waals surface area contributed by atoms with Crippen molar-refractivity contribution in [3.63, 3.8) is 0 Å². The lowest BCUT2D eigenvalue weighted by Gasteiger charge is -2.17. The van der Waals surface area contributed by atoms with Crippen LogP contribution < -0.4 is 0 Å². The molecule has 0 aromatic carbocycles. The molecule has 0 radical (unpaired) electrons. The van der Waals surface area contributed by atoms with Crippen LogP contribution in [-0.4, -0.2) is 16.0 Å². The van der Waals surface area contributed by atoms with Crippen molar-refractivity contribution in [2.45, 2.75) is 33.0 Å². The summed E-state index contributed by atoms with van der Waals surface area (Å²) >= 11 is 0. The number of hydrogen-bond donors (Lipinski definition) is 2. The van der Waals surface area contributed by atoms with E-state index in [-0.39, 0.29) is 0 Å². The summed E-state index contributed by atoms with van der Waals surface area (Å²) in [5.41, 5.74) is 0. The van der Waals surface area contributed by atoms with Crippen LogP contribution in [0.5, 0.6) is 0 Å². The van der Waals surface area contributed by atoms with Crippen molar-refractivity contribution in [3.8, 4) is 0 Å². The molecule has 50 valence electrons. The Balaban J connectivity index is 3.39. The van der Waals surface area contributed by atoms with E-state index in [1.54, 1.807) is 0 Å². The molecule has 2 nitrogen and oxygen atoms in total. The van der Waals surface area contributed by atoms with Crippen molar-refractivity contribution < 1.29 is 10.2 Å². The molecule has 0 saturated carbocycles. The number of hydrogen-bond acceptors (Lipinski definition) is 2. The summed E-state index contributed by atoms with van der Waals surface area (Å²) in [7, 11) is 0. The van der Waals surface area contributed by atoms with Gasteiger partial charge >= 0.3 is 0 Å². The van der Waals surface area contributed by atoms with Crippen LogP contribution >= 0.6 is 0 Å². The zero-order chi connectivity index (χ0) is 6.78. The molecule has 2 heteroatoms. The molecule has 0 amide bonds.